The summed E-state index contributed by atoms with van der Waals surface area (Å²) in [6.45, 7) is 6.55. The Balaban J connectivity index is 2.33. The van der Waals surface area contributed by atoms with Crippen molar-refractivity contribution in [1.29, 1.82) is 0 Å². The average Bonchev–Trinajstić information content (AvgIpc) is 2.95. The maximum atomic E-state index is 13.2. The predicted molar refractivity (Wildman–Crippen MR) is 96.8 cm³/mol. The molecule has 0 N–H and O–H groups in total. The normalized spacial score (nSPS) is 27.0. The largest absolute Gasteiger partial charge is 0.368 e. The molecule has 0 amide bonds. The summed E-state index contributed by atoms with van der Waals surface area (Å²) in [7, 11) is -3.19. The third-order valence-corrected chi connectivity index (χ3v) is 7.14. The molecule has 1 aliphatic heterocycles. The predicted octanol–water partition coefficient (Wildman–Crippen LogP) is 4.97. The molecule has 4 atom stereocenters. The van der Waals surface area contributed by atoms with Crippen molar-refractivity contribution in [2.45, 2.75) is 49.0 Å². The molecule has 1 saturated heterocycles. The van der Waals surface area contributed by atoms with E-state index in [9.17, 15) is 4.57 Å². The lowest BCUT2D eigenvalue weighted by atomic mass is 10.1. The van der Waals surface area contributed by atoms with Gasteiger partial charge in [-0.25, -0.2) is 0 Å². The van der Waals surface area contributed by atoms with Gasteiger partial charge in [-0.05, 0) is 25.8 Å². The Labute approximate surface area is 146 Å². The van der Waals surface area contributed by atoms with E-state index in [0.29, 0.717) is 23.6 Å². The van der Waals surface area contributed by atoms with Gasteiger partial charge in [0.25, 0.3) is 0 Å². The maximum absolute atomic E-state index is 13.2. The molecule has 0 spiro atoms. The van der Waals surface area contributed by atoms with Gasteiger partial charge in [-0.15, -0.1) is 0 Å². The molecule has 1 aromatic carbocycles. The number of ether oxygens (including phenoxy) is 1. The molecule has 0 saturated carbocycles. The van der Waals surface area contributed by atoms with E-state index >= 15 is 0 Å². The van der Waals surface area contributed by atoms with Crippen molar-refractivity contribution in [3.8, 4) is 0 Å². The van der Waals surface area contributed by atoms with Crippen molar-refractivity contribution in [2.24, 2.45) is 0 Å². The minimum absolute atomic E-state index is 0.0602. The van der Waals surface area contributed by atoms with Crippen LogP contribution in [-0.4, -0.2) is 28.9 Å². The summed E-state index contributed by atoms with van der Waals surface area (Å²) in [5.41, 5.74) is 0.781. The molecule has 1 heterocycles. The minimum atomic E-state index is -3.19. The zero-order chi connectivity index (χ0) is 16.2. The summed E-state index contributed by atoms with van der Waals surface area (Å²) in [5.74, 6) is 0. The van der Waals surface area contributed by atoms with Gasteiger partial charge in [0.1, 0.15) is 0 Å². The first-order chi connectivity index (χ1) is 10.5. The molecule has 1 fully saturated rings. The molecule has 2 rings (SSSR count). The Kier molecular flexibility index (Phi) is 6.90. The van der Waals surface area contributed by atoms with Gasteiger partial charge in [0.05, 0.1) is 31.1 Å². The first-order valence-electron chi connectivity index (χ1n) is 7.75. The summed E-state index contributed by atoms with van der Waals surface area (Å²) in [4.78, 5) is 0. The topological polar surface area (TPSA) is 44.8 Å². The molecular weight excluding hydrogens is 414 g/mol. The van der Waals surface area contributed by atoms with E-state index in [1.54, 1.807) is 0 Å². The highest BCUT2D eigenvalue weighted by molar-refractivity contribution is 14.1. The Morgan fingerprint density at radius 2 is 1.86 bits per heavy atom. The van der Waals surface area contributed by atoms with E-state index in [2.05, 4.69) is 29.5 Å². The first kappa shape index (κ1) is 18.4. The van der Waals surface area contributed by atoms with Gasteiger partial charge < -0.3 is 13.8 Å². The second-order valence-electron chi connectivity index (χ2n) is 5.36. The van der Waals surface area contributed by atoms with Crippen molar-refractivity contribution in [3.05, 3.63) is 35.9 Å². The van der Waals surface area contributed by atoms with Gasteiger partial charge in [0, 0.05) is 3.92 Å². The molecule has 1 aliphatic rings. The number of hydrogen-bond acceptors (Lipinski definition) is 4. The highest BCUT2D eigenvalue weighted by Crippen LogP contribution is 2.62. The van der Waals surface area contributed by atoms with Crippen LogP contribution in [0.25, 0.3) is 0 Å². The van der Waals surface area contributed by atoms with E-state index < -0.39 is 7.60 Å². The van der Waals surface area contributed by atoms with Crippen LogP contribution >= 0.6 is 30.2 Å². The Morgan fingerprint density at radius 1 is 1.27 bits per heavy atom. The quantitative estimate of drug-likeness (QED) is 0.343. The third kappa shape index (κ3) is 4.12. The lowest BCUT2D eigenvalue weighted by molar-refractivity contribution is 0.0464. The molecular formula is C16H24IO4P. The number of benzene rings is 1. The summed E-state index contributed by atoms with van der Waals surface area (Å²) >= 11 is 2.36. The van der Waals surface area contributed by atoms with Crippen molar-refractivity contribution in [2.75, 3.05) is 13.2 Å². The minimum Gasteiger partial charge on any atom is -0.368 e. The van der Waals surface area contributed by atoms with Gasteiger partial charge in [-0.1, -0.05) is 59.8 Å². The highest BCUT2D eigenvalue weighted by Gasteiger charge is 2.49. The van der Waals surface area contributed by atoms with Crippen molar-refractivity contribution >= 4 is 30.2 Å². The van der Waals surface area contributed by atoms with Crippen LogP contribution in [0.2, 0.25) is 0 Å². The second-order valence-corrected chi connectivity index (χ2v) is 9.59. The van der Waals surface area contributed by atoms with Crippen LogP contribution in [0.1, 0.15) is 38.9 Å². The summed E-state index contributed by atoms with van der Waals surface area (Å²) in [5, 5.41) is 0. The van der Waals surface area contributed by atoms with Crippen LogP contribution in [-0.2, 0) is 18.3 Å². The fraction of sp³-hybridized carbons (Fsp3) is 0.625. The Morgan fingerprint density at radius 3 is 2.36 bits per heavy atom. The summed E-state index contributed by atoms with van der Waals surface area (Å²) < 4.78 is 31.0. The smallest absolute Gasteiger partial charge is 0.336 e. The standard InChI is InChI=1S/C16H24IO4P/c1-4-19-22(18,20-5-2)15-11-14(12(3)17)21-16(15)13-9-7-6-8-10-13/h6-10,12,14-16H,4-5,11H2,1-3H3. The van der Waals surface area contributed by atoms with Crippen molar-refractivity contribution in [1.82, 2.24) is 0 Å². The average molecular weight is 438 g/mol. The second kappa shape index (κ2) is 8.25. The molecule has 1 aromatic rings. The lowest BCUT2D eigenvalue weighted by Crippen LogP contribution is -2.18. The Bertz CT molecular complexity index is 498. The highest BCUT2D eigenvalue weighted by atomic mass is 127. The van der Waals surface area contributed by atoms with Gasteiger partial charge in [0.15, 0.2) is 0 Å². The van der Waals surface area contributed by atoms with E-state index in [4.69, 9.17) is 13.8 Å². The van der Waals surface area contributed by atoms with Crippen LogP contribution in [0.4, 0.5) is 0 Å². The first-order valence-corrected chi connectivity index (χ1v) is 10.6. The van der Waals surface area contributed by atoms with Crippen molar-refractivity contribution < 1.29 is 18.3 Å². The van der Waals surface area contributed by atoms with Gasteiger partial charge >= 0.3 is 7.60 Å². The fourth-order valence-electron chi connectivity index (χ4n) is 2.82. The van der Waals surface area contributed by atoms with Crippen LogP contribution in [0.5, 0.6) is 0 Å². The van der Waals surface area contributed by atoms with Gasteiger partial charge in [-0.3, -0.25) is 4.57 Å². The van der Waals surface area contributed by atoms with Crippen LogP contribution in [0, 0.1) is 0 Å². The van der Waals surface area contributed by atoms with Gasteiger partial charge in [-0.2, -0.15) is 0 Å². The van der Waals surface area contributed by atoms with Crippen LogP contribution < -0.4 is 0 Å². The van der Waals surface area contributed by atoms with Crippen molar-refractivity contribution in [3.63, 3.8) is 0 Å². The molecule has 22 heavy (non-hydrogen) atoms. The molecule has 0 radical (unpaired) electrons. The third-order valence-electron chi connectivity index (χ3n) is 3.81. The zero-order valence-electron chi connectivity index (χ0n) is 13.3. The maximum Gasteiger partial charge on any atom is 0.336 e. The van der Waals surface area contributed by atoms with E-state index in [-0.39, 0.29) is 17.9 Å². The fourth-order valence-corrected chi connectivity index (χ4v) is 5.50. The molecule has 0 bridgehead atoms. The molecule has 4 nitrogen and oxygen atoms in total. The van der Waals surface area contributed by atoms with Crippen LogP contribution in [0.15, 0.2) is 30.3 Å². The molecule has 6 heteroatoms. The van der Waals surface area contributed by atoms with Gasteiger partial charge in [0.2, 0.25) is 0 Å². The van der Waals surface area contributed by atoms with E-state index in [1.807, 2.05) is 44.2 Å². The van der Waals surface area contributed by atoms with E-state index in [0.717, 1.165) is 5.56 Å². The zero-order valence-corrected chi connectivity index (χ0v) is 16.3. The lowest BCUT2D eigenvalue weighted by Gasteiger charge is -2.26. The number of rotatable bonds is 7. The molecule has 0 aromatic heterocycles. The molecule has 124 valence electrons. The number of halogens is 1. The van der Waals surface area contributed by atoms with E-state index in [1.165, 1.54) is 0 Å². The molecule has 0 aliphatic carbocycles. The number of hydrogen-bond donors (Lipinski definition) is 0. The van der Waals surface area contributed by atoms with Crippen LogP contribution in [0.3, 0.4) is 0 Å². The Hall–Kier alpha value is 0.0600. The summed E-state index contributed by atoms with van der Waals surface area (Å²) in [6.07, 6.45) is 0.512. The summed E-state index contributed by atoms with van der Waals surface area (Å²) in [6, 6.07) is 9.95. The number of alkyl halides is 1. The monoisotopic (exact) mass is 438 g/mol. The molecule has 4 unspecified atom stereocenters. The SMILES string of the molecule is CCOP(=O)(OCC)C1CC(C(C)I)OC1c1ccccc1.